The molecule has 1 heterocycles. The van der Waals surface area contributed by atoms with E-state index < -0.39 is 0 Å². The van der Waals surface area contributed by atoms with Crippen molar-refractivity contribution in [2.45, 2.75) is 40.0 Å². The van der Waals surface area contributed by atoms with E-state index >= 15 is 0 Å². The fourth-order valence-corrected chi connectivity index (χ4v) is 3.39. The van der Waals surface area contributed by atoms with Crippen molar-refractivity contribution in [2.24, 2.45) is 0 Å². The zero-order chi connectivity index (χ0) is 19.6. The Morgan fingerprint density at radius 2 is 1.59 bits per heavy atom. The molecule has 0 bridgehead atoms. The second kappa shape index (κ2) is 7.29. The minimum absolute atomic E-state index is 0.143. The maximum Gasteiger partial charge on any atom is 0.0998 e. The smallest absolute Gasteiger partial charge is 0.0998 e. The molecule has 2 aromatic carbocycles. The number of benzene rings is 2. The zero-order valence-corrected chi connectivity index (χ0v) is 16.7. The number of aromatic nitrogens is 1. The maximum absolute atomic E-state index is 9.61. The summed E-state index contributed by atoms with van der Waals surface area (Å²) in [4.78, 5) is 0. The van der Waals surface area contributed by atoms with Crippen LogP contribution in [0.4, 0.5) is 0 Å². The fourth-order valence-electron chi connectivity index (χ4n) is 3.39. The predicted octanol–water partition coefficient (Wildman–Crippen LogP) is 6.46. The Hall–Kier alpha value is -3.05. The number of nitriles is 1. The van der Waals surface area contributed by atoms with Gasteiger partial charge < -0.3 is 4.57 Å². The van der Waals surface area contributed by atoms with Crippen molar-refractivity contribution in [3.05, 3.63) is 88.7 Å². The maximum atomic E-state index is 9.61. The zero-order valence-electron chi connectivity index (χ0n) is 16.7. The molecular formula is C25H26N2. The third-order valence-corrected chi connectivity index (χ3v) is 4.97. The molecule has 0 aliphatic carbocycles. The number of rotatable bonds is 3. The first kappa shape index (κ1) is 18.7. The number of hydrogen-bond donors (Lipinski definition) is 0. The van der Waals surface area contributed by atoms with Crippen molar-refractivity contribution in [1.82, 2.24) is 4.57 Å². The average Bonchev–Trinajstić information content (AvgIpc) is 2.93. The summed E-state index contributed by atoms with van der Waals surface area (Å²) in [5, 5.41) is 9.61. The van der Waals surface area contributed by atoms with Gasteiger partial charge in [0.05, 0.1) is 11.6 Å². The van der Waals surface area contributed by atoms with Gasteiger partial charge in [-0.15, -0.1) is 0 Å². The van der Waals surface area contributed by atoms with E-state index in [1.54, 1.807) is 0 Å². The van der Waals surface area contributed by atoms with Gasteiger partial charge in [0.2, 0.25) is 0 Å². The van der Waals surface area contributed by atoms with Crippen LogP contribution in [-0.4, -0.2) is 4.57 Å². The molecule has 136 valence electrons. The Balaban J connectivity index is 2.03. The van der Waals surface area contributed by atoms with Gasteiger partial charge in [0.25, 0.3) is 0 Å². The first-order chi connectivity index (χ1) is 12.8. The first-order valence-electron chi connectivity index (χ1n) is 9.28. The molecule has 27 heavy (non-hydrogen) atoms. The second-order valence-corrected chi connectivity index (χ2v) is 7.99. The van der Waals surface area contributed by atoms with Crippen LogP contribution in [0.2, 0.25) is 0 Å². The molecule has 0 atom stereocenters. The molecule has 0 amide bonds. The standard InChI is InChI=1S/C25H26N2/c1-18-15-21(16-22(17-26)20-9-7-6-8-10-20)19(2)27(18)24-13-11-23(12-14-24)25(3,4)5/h6-16H,1-5H3/b22-16+. The summed E-state index contributed by atoms with van der Waals surface area (Å²) < 4.78 is 2.25. The van der Waals surface area contributed by atoms with Gasteiger partial charge in [-0.05, 0) is 60.2 Å². The average molecular weight is 354 g/mol. The summed E-state index contributed by atoms with van der Waals surface area (Å²) in [5.74, 6) is 0. The van der Waals surface area contributed by atoms with Crippen molar-refractivity contribution in [1.29, 1.82) is 5.26 Å². The molecule has 0 saturated carbocycles. The highest BCUT2D eigenvalue weighted by molar-refractivity contribution is 5.90. The van der Waals surface area contributed by atoms with E-state index in [1.165, 1.54) is 5.56 Å². The van der Waals surface area contributed by atoms with Crippen LogP contribution in [-0.2, 0) is 5.41 Å². The summed E-state index contributed by atoms with van der Waals surface area (Å²) in [6, 6.07) is 23.1. The van der Waals surface area contributed by atoms with Crippen LogP contribution in [0, 0.1) is 25.2 Å². The van der Waals surface area contributed by atoms with Gasteiger partial charge in [0, 0.05) is 17.1 Å². The van der Waals surface area contributed by atoms with Crippen LogP contribution in [0.1, 0.15) is 48.8 Å². The van der Waals surface area contributed by atoms with E-state index in [0.29, 0.717) is 5.57 Å². The lowest BCUT2D eigenvalue weighted by atomic mass is 9.87. The molecule has 0 radical (unpaired) electrons. The Morgan fingerprint density at radius 1 is 0.963 bits per heavy atom. The molecule has 3 rings (SSSR count). The van der Waals surface area contributed by atoms with Gasteiger partial charge in [-0.3, -0.25) is 0 Å². The Morgan fingerprint density at radius 3 is 2.15 bits per heavy atom. The number of aryl methyl sites for hydroxylation is 1. The van der Waals surface area contributed by atoms with Crippen LogP contribution in [0.3, 0.4) is 0 Å². The van der Waals surface area contributed by atoms with E-state index in [4.69, 9.17) is 0 Å². The van der Waals surface area contributed by atoms with Crippen molar-refractivity contribution in [3.63, 3.8) is 0 Å². The Bertz CT molecular complexity index is 1010. The molecule has 0 unspecified atom stereocenters. The van der Waals surface area contributed by atoms with Crippen LogP contribution in [0.15, 0.2) is 60.7 Å². The van der Waals surface area contributed by atoms with Crippen molar-refractivity contribution in [3.8, 4) is 11.8 Å². The van der Waals surface area contributed by atoms with E-state index in [2.05, 4.69) is 75.6 Å². The molecule has 1 aromatic heterocycles. The van der Waals surface area contributed by atoms with Crippen LogP contribution in [0.25, 0.3) is 17.3 Å². The summed E-state index contributed by atoms with van der Waals surface area (Å²) in [6.45, 7) is 10.9. The van der Waals surface area contributed by atoms with E-state index in [0.717, 1.165) is 28.2 Å². The highest BCUT2D eigenvalue weighted by Gasteiger charge is 2.15. The summed E-state index contributed by atoms with van der Waals surface area (Å²) in [5.41, 5.74) is 7.61. The van der Waals surface area contributed by atoms with Crippen LogP contribution >= 0.6 is 0 Å². The predicted molar refractivity (Wildman–Crippen MR) is 114 cm³/mol. The van der Waals surface area contributed by atoms with Gasteiger partial charge in [0.1, 0.15) is 0 Å². The number of hydrogen-bond acceptors (Lipinski definition) is 1. The summed E-state index contributed by atoms with van der Waals surface area (Å²) in [7, 11) is 0. The van der Waals surface area contributed by atoms with Crippen LogP contribution < -0.4 is 0 Å². The minimum Gasteiger partial charge on any atom is -0.318 e. The fraction of sp³-hybridized carbons (Fsp3) is 0.240. The van der Waals surface area contributed by atoms with E-state index in [1.807, 2.05) is 36.4 Å². The molecule has 0 N–H and O–H groups in total. The topological polar surface area (TPSA) is 28.7 Å². The summed E-state index contributed by atoms with van der Waals surface area (Å²) >= 11 is 0. The lowest BCUT2D eigenvalue weighted by Crippen LogP contribution is -2.11. The van der Waals surface area contributed by atoms with Gasteiger partial charge in [0.15, 0.2) is 0 Å². The number of nitrogens with zero attached hydrogens (tertiary/aromatic N) is 2. The van der Waals surface area contributed by atoms with Crippen LogP contribution in [0.5, 0.6) is 0 Å². The first-order valence-corrected chi connectivity index (χ1v) is 9.28. The molecule has 0 aliphatic heterocycles. The Kier molecular flexibility index (Phi) is 5.06. The van der Waals surface area contributed by atoms with Gasteiger partial charge >= 0.3 is 0 Å². The lowest BCUT2D eigenvalue weighted by molar-refractivity contribution is 0.590. The highest BCUT2D eigenvalue weighted by Crippen LogP contribution is 2.27. The molecule has 2 heteroatoms. The number of allylic oxidation sites excluding steroid dienone is 1. The third kappa shape index (κ3) is 3.88. The molecule has 0 spiro atoms. The quantitative estimate of drug-likeness (QED) is 0.496. The van der Waals surface area contributed by atoms with Gasteiger partial charge in [-0.2, -0.15) is 5.26 Å². The normalized spacial score (nSPS) is 12.1. The molecule has 0 aliphatic rings. The summed E-state index contributed by atoms with van der Waals surface area (Å²) in [6.07, 6.45) is 1.98. The van der Waals surface area contributed by atoms with Crippen molar-refractivity contribution < 1.29 is 0 Å². The minimum atomic E-state index is 0.143. The molecule has 0 fully saturated rings. The molecule has 3 aromatic rings. The molecular weight excluding hydrogens is 328 g/mol. The van der Waals surface area contributed by atoms with Crippen molar-refractivity contribution >= 4 is 11.6 Å². The SMILES string of the molecule is Cc1cc(/C=C(\C#N)c2ccccc2)c(C)n1-c1ccc(C(C)(C)C)cc1. The monoisotopic (exact) mass is 354 g/mol. The largest absolute Gasteiger partial charge is 0.318 e. The van der Waals surface area contributed by atoms with E-state index in [-0.39, 0.29) is 5.41 Å². The van der Waals surface area contributed by atoms with E-state index in [9.17, 15) is 5.26 Å². The van der Waals surface area contributed by atoms with Gasteiger partial charge in [-0.1, -0.05) is 63.2 Å². The third-order valence-electron chi connectivity index (χ3n) is 4.97. The molecule has 0 saturated heterocycles. The molecule has 2 nitrogen and oxygen atoms in total. The highest BCUT2D eigenvalue weighted by atomic mass is 15.0. The Labute approximate surface area is 162 Å². The lowest BCUT2D eigenvalue weighted by Gasteiger charge is -2.20. The van der Waals surface area contributed by atoms with Gasteiger partial charge in [-0.25, -0.2) is 0 Å². The second-order valence-electron chi connectivity index (χ2n) is 7.99. The van der Waals surface area contributed by atoms with Crippen molar-refractivity contribution in [2.75, 3.05) is 0 Å².